The lowest BCUT2D eigenvalue weighted by atomic mass is 9.73. The van der Waals surface area contributed by atoms with Crippen molar-refractivity contribution in [3.8, 4) is 0 Å². The molecule has 1 aromatic heterocycles. The first-order valence-corrected chi connectivity index (χ1v) is 11.6. The molecule has 0 saturated heterocycles. The first kappa shape index (κ1) is 22.7. The molecule has 25 heavy (non-hydrogen) atoms. The molecule has 0 spiro atoms. The summed E-state index contributed by atoms with van der Waals surface area (Å²) >= 11 is 1.84. The number of hydrogen-bond donors (Lipinski definition) is 2. The minimum Gasteiger partial charge on any atom is -0.356 e. The largest absolute Gasteiger partial charge is 0.356 e. The fourth-order valence-electron chi connectivity index (χ4n) is 3.33. The Morgan fingerprint density at radius 3 is 2.56 bits per heavy atom. The molecule has 0 aliphatic heterocycles. The van der Waals surface area contributed by atoms with E-state index >= 15 is 0 Å². The van der Waals surface area contributed by atoms with E-state index in [1.165, 1.54) is 43.2 Å². The number of sulfone groups is 1. The van der Waals surface area contributed by atoms with E-state index in [-0.39, 0.29) is 35.1 Å². The van der Waals surface area contributed by atoms with Gasteiger partial charge in [-0.1, -0.05) is 25.3 Å². The molecule has 0 bridgehead atoms. The summed E-state index contributed by atoms with van der Waals surface area (Å²) in [6, 6.07) is 4.38. The van der Waals surface area contributed by atoms with E-state index < -0.39 is 9.84 Å². The second kappa shape index (κ2) is 10.7. The summed E-state index contributed by atoms with van der Waals surface area (Å²) in [6.07, 6.45) is 8.17. The third-order valence-electron chi connectivity index (χ3n) is 4.66. The molecule has 2 rings (SSSR count). The Bertz CT molecular complexity index is 624. The van der Waals surface area contributed by atoms with E-state index in [0.717, 1.165) is 12.5 Å². The van der Waals surface area contributed by atoms with Gasteiger partial charge in [0.1, 0.15) is 9.84 Å². The van der Waals surface area contributed by atoms with Gasteiger partial charge in [-0.05, 0) is 30.7 Å². The zero-order chi connectivity index (χ0) is 17.5. The molecule has 0 aromatic carbocycles. The fourth-order valence-corrected chi connectivity index (χ4v) is 4.99. The maximum atomic E-state index is 11.2. The van der Waals surface area contributed by atoms with Crippen LogP contribution in [0.25, 0.3) is 0 Å². The smallest absolute Gasteiger partial charge is 0.191 e. The Balaban J connectivity index is 0.00000312. The zero-order valence-corrected chi connectivity index (χ0v) is 19.0. The van der Waals surface area contributed by atoms with E-state index in [4.69, 9.17) is 0 Å². The van der Waals surface area contributed by atoms with Gasteiger partial charge in [0.25, 0.3) is 0 Å². The van der Waals surface area contributed by atoms with Gasteiger partial charge in [-0.3, -0.25) is 4.99 Å². The lowest BCUT2D eigenvalue weighted by Crippen LogP contribution is -2.46. The van der Waals surface area contributed by atoms with Crippen molar-refractivity contribution in [3.63, 3.8) is 0 Å². The minimum atomic E-state index is -2.90. The van der Waals surface area contributed by atoms with Crippen LogP contribution in [0.1, 0.15) is 43.4 Å². The zero-order valence-electron chi connectivity index (χ0n) is 15.1. The van der Waals surface area contributed by atoms with Crippen LogP contribution in [0.3, 0.4) is 0 Å². The molecule has 0 radical (unpaired) electrons. The van der Waals surface area contributed by atoms with Gasteiger partial charge in [0.15, 0.2) is 5.96 Å². The highest BCUT2D eigenvalue weighted by molar-refractivity contribution is 14.0. The van der Waals surface area contributed by atoms with Crippen LogP contribution >= 0.6 is 35.3 Å². The van der Waals surface area contributed by atoms with Gasteiger partial charge in [-0.2, -0.15) is 0 Å². The molecule has 1 saturated carbocycles. The van der Waals surface area contributed by atoms with Crippen LogP contribution in [-0.4, -0.2) is 46.5 Å². The maximum Gasteiger partial charge on any atom is 0.191 e. The SMILES string of the molecule is CN=C(NCCCS(C)(=O)=O)NCC1(c2cccs2)CCCCC1.I. The average molecular weight is 499 g/mol. The average Bonchev–Trinajstić information content (AvgIpc) is 3.09. The summed E-state index contributed by atoms with van der Waals surface area (Å²) in [6.45, 7) is 1.48. The van der Waals surface area contributed by atoms with Crippen molar-refractivity contribution < 1.29 is 8.42 Å². The van der Waals surface area contributed by atoms with Crippen molar-refractivity contribution in [1.82, 2.24) is 10.6 Å². The molecular weight excluding hydrogens is 469 g/mol. The summed E-state index contributed by atoms with van der Waals surface area (Å²) in [7, 11) is -1.14. The van der Waals surface area contributed by atoms with Crippen LogP contribution in [0.5, 0.6) is 0 Å². The number of halogens is 1. The van der Waals surface area contributed by atoms with Gasteiger partial charge >= 0.3 is 0 Å². The molecule has 8 heteroatoms. The monoisotopic (exact) mass is 499 g/mol. The highest BCUT2D eigenvalue weighted by Crippen LogP contribution is 2.41. The number of rotatable bonds is 7. The number of aliphatic imine (C=N–C) groups is 1. The van der Waals surface area contributed by atoms with Gasteiger partial charge in [-0.15, -0.1) is 35.3 Å². The third kappa shape index (κ3) is 7.42. The molecule has 1 fully saturated rings. The molecule has 1 aliphatic rings. The van der Waals surface area contributed by atoms with E-state index in [1.54, 1.807) is 7.05 Å². The normalized spacial score (nSPS) is 17.6. The fraction of sp³-hybridized carbons (Fsp3) is 0.706. The van der Waals surface area contributed by atoms with E-state index in [0.29, 0.717) is 13.0 Å². The van der Waals surface area contributed by atoms with Crippen LogP contribution in [0, 0.1) is 0 Å². The molecule has 144 valence electrons. The van der Waals surface area contributed by atoms with Gasteiger partial charge in [-0.25, -0.2) is 8.42 Å². The molecular formula is C17H30IN3O2S2. The Hall–Kier alpha value is -0.350. The summed E-state index contributed by atoms with van der Waals surface area (Å²) in [5.74, 6) is 0.959. The first-order valence-electron chi connectivity index (χ1n) is 8.61. The van der Waals surface area contributed by atoms with Crippen molar-refractivity contribution in [3.05, 3.63) is 22.4 Å². The van der Waals surface area contributed by atoms with Crippen molar-refractivity contribution in [2.75, 3.05) is 32.1 Å². The first-order chi connectivity index (χ1) is 11.5. The molecule has 0 amide bonds. The van der Waals surface area contributed by atoms with Crippen LogP contribution in [-0.2, 0) is 15.3 Å². The third-order valence-corrected chi connectivity index (χ3v) is 6.80. The molecule has 1 aromatic rings. The second-order valence-corrected chi connectivity index (χ2v) is 9.86. The molecule has 5 nitrogen and oxygen atoms in total. The van der Waals surface area contributed by atoms with Gasteiger partial charge in [0.05, 0.1) is 5.75 Å². The number of guanidine groups is 1. The molecule has 1 aliphatic carbocycles. The van der Waals surface area contributed by atoms with Gasteiger partial charge < -0.3 is 10.6 Å². The summed E-state index contributed by atoms with van der Waals surface area (Å²) in [4.78, 5) is 5.73. The Morgan fingerprint density at radius 1 is 1.28 bits per heavy atom. The van der Waals surface area contributed by atoms with Gasteiger partial charge in [0.2, 0.25) is 0 Å². The maximum absolute atomic E-state index is 11.2. The number of hydrogen-bond acceptors (Lipinski definition) is 4. The molecule has 1 heterocycles. The van der Waals surface area contributed by atoms with E-state index in [2.05, 4.69) is 33.1 Å². The topological polar surface area (TPSA) is 70.6 Å². The Labute approximate surface area is 173 Å². The number of nitrogens with one attached hydrogen (secondary N) is 2. The summed E-state index contributed by atoms with van der Waals surface area (Å²) < 4.78 is 22.4. The lowest BCUT2D eigenvalue weighted by molar-refractivity contribution is 0.296. The van der Waals surface area contributed by atoms with Crippen LogP contribution in [0.2, 0.25) is 0 Å². The predicted octanol–water partition coefficient (Wildman–Crippen LogP) is 3.17. The van der Waals surface area contributed by atoms with Crippen molar-refractivity contribution >= 4 is 51.1 Å². The van der Waals surface area contributed by atoms with E-state index in [9.17, 15) is 8.42 Å². The van der Waals surface area contributed by atoms with Crippen molar-refractivity contribution in [1.29, 1.82) is 0 Å². The molecule has 0 atom stereocenters. The Kier molecular flexibility index (Phi) is 9.73. The summed E-state index contributed by atoms with van der Waals surface area (Å²) in [5.41, 5.74) is 0.205. The predicted molar refractivity (Wildman–Crippen MR) is 118 cm³/mol. The standard InChI is InChI=1S/C17H29N3O2S2.HI/c1-18-16(19-11-7-13-24(2,21)22)20-14-17(9-4-3-5-10-17)15-8-6-12-23-15;/h6,8,12H,3-5,7,9-11,13-14H2,1-2H3,(H2,18,19,20);1H. The van der Waals surface area contributed by atoms with E-state index in [1.807, 2.05) is 11.3 Å². The van der Waals surface area contributed by atoms with Crippen LogP contribution in [0.15, 0.2) is 22.5 Å². The quantitative estimate of drug-likeness (QED) is 0.262. The van der Waals surface area contributed by atoms with Crippen molar-refractivity contribution in [2.45, 2.75) is 43.9 Å². The minimum absolute atomic E-state index is 0. The Morgan fingerprint density at radius 2 is 2.00 bits per heavy atom. The number of nitrogens with zero attached hydrogens (tertiary/aromatic N) is 1. The number of thiophene rings is 1. The highest BCUT2D eigenvalue weighted by atomic mass is 127. The lowest BCUT2D eigenvalue weighted by Gasteiger charge is -2.37. The molecule has 2 N–H and O–H groups in total. The van der Waals surface area contributed by atoms with Crippen LogP contribution in [0.4, 0.5) is 0 Å². The molecule has 0 unspecified atom stereocenters. The summed E-state index contributed by atoms with van der Waals surface area (Å²) in [5, 5.41) is 8.84. The van der Waals surface area contributed by atoms with Gasteiger partial charge in [0, 0.05) is 36.7 Å². The second-order valence-electron chi connectivity index (χ2n) is 6.65. The van der Waals surface area contributed by atoms with Crippen molar-refractivity contribution in [2.24, 2.45) is 4.99 Å². The highest BCUT2D eigenvalue weighted by Gasteiger charge is 2.34. The van der Waals surface area contributed by atoms with Crippen LogP contribution < -0.4 is 10.6 Å².